The highest BCUT2D eigenvalue weighted by molar-refractivity contribution is 7.91. The molecule has 2 aromatic carbocycles. The Balaban J connectivity index is 1.77. The molecule has 1 saturated heterocycles. The lowest BCUT2D eigenvalue weighted by Crippen LogP contribution is -2.40. The first-order valence-corrected chi connectivity index (χ1v) is 11.9. The van der Waals surface area contributed by atoms with Gasteiger partial charge in [0.2, 0.25) is 5.76 Å². The summed E-state index contributed by atoms with van der Waals surface area (Å²) in [7, 11) is -3.26. The lowest BCUT2D eigenvalue weighted by Gasteiger charge is -2.30. The third-order valence-electron chi connectivity index (χ3n) is 5.67. The Hall–Kier alpha value is -2.35. The van der Waals surface area contributed by atoms with Gasteiger partial charge >= 0.3 is 0 Å². The molecule has 6 nitrogen and oxygen atoms in total. The van der Waals surface area contributed by atoms with E-state index in [0.29, 0.717) is 28.0 Å². The average molecular weight is 464 g/mol. The maximum atomic E-state index is 13.4. The van der Waals surface area contributed by atoms with Crippen molar-refractivity contribution < 1.29 is 17.6 Å². The van der Waals surface area contributed by atoms with Crippen LogP contribution in [0.5, 0.6) is 0 Å². The molecule has 3 heterocycles. The van der Waals surface area contributed by atoms with Crippen molar-refractivity contribution in [1.29, 1.82) is 0 Å². The van der Waals surface area contributed by atoms with Crippen LogP contribution in [0.2, 0.25) is 10.0 Å². The standard InChI is InChI=1S/C21H15Cl2NO5S/c22-14-6-5-11(9-15(14)23)18-17-19(25)13-3-1-2-4-16(13)29-20(17)21(26)24(18)12-7-8-30(27,28)10-12/h1-6,9,12,18H,7-8,10H2/t12-,18+/m1/s1. The topological polar surface area (TPSA) is 84.7 Å². The van der Waals surface area contributed by atoms with Gasteiger partial charge in [-0.2, -0.15) is 0 Å². The third kappa shape index (κ3) is 2.95. The van der Waals surface area contributed by atoms with E-state index in [1.54, 1.807) is 42.5 Å². The number of hydrogen-bond donors (Lipinski definition) is 0. The summed E-state index contributed by atoms with van der Waals surface area (Å²) in [5, 5.41) is 0.972. The zero-order valence-electron chi connectivity index (χ0n) is 15.5. The lowest BCUT2D eigenvalue weighted by atomic mass is 9.97. The number of fused-ring (bicyclic) bond motifs is 2. The van der Waals surface area contributed by atoms with E-state index in [-0.39, 0.29) is 33.3 Å². The molecule has 0 unspecified atom stereocenters. The smallest absolute Gasteiger partial charge is 0.291 e. The van der Waals surface area contributed by atoms with Gasteiger partial charge in [0, 0.05) is 6.04 Å². The zero-order chi connectivity index (χ0) is 21.2. The predicted molar refractivity (Wildman–Crippen MR) is 114 cm³/mol. The van der Waals surface area contributed by atoms with Crippen molar-refractivity contribution in [3.8, 4) is 0 Å². The maximum absolute atomic E-state index is 13.4. The van der Waals surface area contributed by atoms with Crippen molar-refractivity contribution in [2.45, 2.75) is 18.5 Å². The monoisotopic (exact) mass is 463 g/mol. The molecule has 9 heteroatoms. The van der Waals surface area contributed by atoms with Crippen molar-refractivity contribution >= 4 is 49.9 Å². The van der Waals surface area contributed by atoms with E-state index in [2.05, 4.69) is 0 Å². The number of nitrogens with zero attached hydrogens (tertiary/aromatic N) is 1. The van der Waals surface area contributed by atoms with E-state index in [9.17, 15) is 18.0 Å². The Morgan fingerprint density at radius 3 is 2.50 bits per heavy atom. The minimum atomic E-state index is -3.26. The quantitative estimate of drug-likeness (QED) is 0.576. The molecule has 1 aromatic heterocycles. The van der Waals surface area contributed by atoms with Gasteiger partial charge in [-0.1, -0.05) is 41.4 Å². The third-order valence-corrected chi connectivity index (χ3v) is 8.16. The number of para-hydroxylation sites is 1. The summed E-state index contributed by atoms with van der Waals surface area (Å²) in [5.41, 5.74) is 0.757. The highest BCUT2D eigenvalue weighted by Gasteiger charge is 2.48. The zero-order valence-corrected chi connectivity index (χ0v) is 17.8. The van der Waals surface area contributed by atoms with Crippen molar-refractivity contribution in [3.63, 3.8) is 0 Å². The molecule has 0 radical (unpaired) electrons. The fraction of sp³-hybridized carbons (Fsp3) is 0.238. The molecular formula is C21H15Cl2NO5S. The first-order chi connectivity index (χ1) is 14.3. The van der Waals surface area contributed by atoms with Gasteiger partial charge < -0.3 is 9.32 Å². The van der Waals surface area contributed by atoms with Gasteiger partial charge in [-0.15, -0.1) is 0 Å². The summed E-state index contributed by atoms with van der Waals surface area (Å²) in [6, 6.07) is 10.2. The van der Waals surface area contributed by atoms with Crippen LogP contribution in [0.1, 0.15) is 34.1 Å². The van der Waals surface area contributed by atoms with Crippen LogP contribution in [-0.4, -0.2) is 36.8 Å². The summed E-state index contributed by atoms with van der Waals surface area (Å²) in [6.07, 6.45) is 0.299. The van der Waals surface area contributed by atoms with Crippen LogP contribution in [0.25, 0.3) is 11.0 Å². The Morgan fingerprint density at radius 2 is 1.80 bits per heavy atom. The summed E-state index contributed by atoms with van der Waals surface area (Å²) in [4.78, 5) is 28.2. The van der Waals surface area contributed by atoms with Gasteiger partial charge in [-0.3, -0.25) is 9.59 Å². The van der Waals surface area contributed by atoms with Crippen molar-refractivity contribution in [2.24, 2.45) is 0 Å². The van der Waals surface area contributed by atoms with Crippen LogP contribution < -0.4 is 5.43 Å². The van der Waals surface area contributed by atoms with Crippen LogP contribution >= 0.6 is 23.2 Å². The maximum Gasteiger partial charge on any atom is 0.291 e. The van der Waals surface area contributed by atoms with Gasteiger partial charge in [0.05, 0.1) is 38.5 Å². The Bertz CT molecular complexity index is 1380. The van der Waals surface area contributed by atoms with Crippen molar-refractivity contribution in [3.05, 3.63) is 79.6 Å². The van der Waals surface area contributed by atoms with E-state index < -0.39 is 27.8 Å². The Kier molecular flexibility index (Phi) is 4.47. The van der Waals surface area contributed by atoms with Crippen LogP contribution in [0.3, 0.4) is 0 Å². The molecule has 0 spiro atoms. The molecule has 1 fully saturated rings. The fourth-order valence-electron chi connectivity index (χ4n) is 4.32. The van der Waals surface area contributed by atoms with E-state index in [4.69, 9.17) is 27.6 Å². The molecule has 2 aliphatic heterocycles. The molecule has 0 N–H and O–H groups in total. The Labute approximate surface area is 181 Å². The largest absolute Gasteiger partial charge is 0.450 e. The molecule has 2 atom stereocenters. The summed E-state index contributed by atoms with van der Waals surface area (Å²) < 4.78 is 30.1. The summed E-state index contributed by atoms with van der Waals surface area (Å²) in [5.74, 6) is -0.710. The van der Waals surface area contributed by atoms with Gasteiger partial charge in [-0.05, 0) is 36.2 Å². The summed E-state index contributed by atoms with van der Waals surface area (Å²) >= 11 is 12.3. The number of rotatable bonds is 2. The fourth-order valence-corrected chi connectivity index (χ4v) is 6.34. The predicted octanol–water partition coefficient (Wildman–Crippen LogP) is 3.83. The van der Waals surface area contributed by atoms with E-state index in [1.165, 1.54) is 4.90 Å². The van der Waals surface area contributed by atoms with Crippen molar-refractivity contribution in [1.82, 2.24) is 4.90 Å². The molecule has 0 aliphatic carbocycles. The Morgan fingerprint density at radius 1 is 1.03 bits per heavy atom. The number of carbonyl (C=O) groups is 1. The number of halogens is 2. The van der Waals surface area contributed by atoms with Crippen LogP contribution in [-0.2, 0) is 9.84 Å². The lowest BCUT2D eigenvalue weighted by molar-refractivity contribution is 0.0662. The van der Waals surface area contributed by atoms with Gasteiger partial charge in [0.15, 0.2) is 15.3 Å². The van der Waals surface area contributed by atoms with E-state index >= 15 is 0 Å². The number of benzene rings is 2. The molecule has 0 bridgehead atoms. The molecule has 30 heavy (non-hydrogen) atoms. The summed E-state index contributed by atoms with van der Waals surface area (Å²) in [6.45, 7) is 0. The minimum Gasteiger partial charge on any atom is -0.450 e. The molecule has 154 valence electrons. The molecule has 2 aliphatic rings. The SMILES string of the molecule is O=C1c2oc3ccccc3c(=O)c2[C@H](c2ccc(Cl)c(Cl)c2)N1[C@@H]1CCS(=O)(=O)C1. The molecule has 3 aromatic rings. The number of hydrogen-bond acceptors (Lipinski definition) is 5. The molecule has 0 saturated carbocycles. The second kappa shape index (κ2) is 6.83. The molecule has 1 amide bonds. The van der Waals surface area contributed by atoms with Crippen LogP contribution in [0.4, 0.5) is 0 Å². The normalized spacial score (nSPS) is 22.6. The van der Waals surface area contributed by atoms with Crippen LogP contribution in [0, 0.1) is 0 Å². The average Bonchev–Trinajstić information content (AvgIpc) is 3.21. The first kappa shape index (κ1) is 19.6. The number of sulfone groups is 1. The highest BCUT2D eigenvalue weighted by Crippen LogP contribution is 2.42. The van der Waals surface area contributed by atoms with E-state index in [0.717, 1.165) is 0 Å². The van der Waals surface area contributed by atoms with Crippen LogP contribution in [0.15, 0.2) is 51.7 Å². The second-order valence-electron chi connectivity index (χ2n) is 7.52. The first-order valence-electron chi connectivity index (χ1n) is 9.30. The van der Waals surface area contributed by atoms with Gasteiger partial charge in [0.1, 0.15) is 5.58 Å². The highest BCUT2D eigenvalue weighted by atomic mass is 35.5. The molecule has 5 rings (SSSR count). The van der Waals surface area contributed by atoms with Gasteiger partial charge in [0.25, 0.3) is 5.91 Å². The van der Waals surface area contributed by atoms with Crippen molar-refractivity contribution in [2.75, 3.05) is 11.5 Å². The number of amides is 1. The minimum absolute atomic E-state index is 0.00473. The molecular weight excluding hydrogens is 449 g/mol. The second-order valence-corrected chi connectivity index (χ2v) is 10.6. The van der Waals surface area contributed by atoms with E-state index in [1.807, 2.05) is 0 Å². The van der Waals surface area contributed by atoms with Gasteiger partial charge in [-0.25, -0.2) is 8.42 Å². The number of carbonyl (C=O) groups excluding carboxylic acids is 1.